The van der Waals surface area contributed by atoms with Crippen molar-refractivity contribution in [2.75, 3.05) is 51.4 Å². The number of anilines is 1. The Morgan fingerprint density at radius 3 is 2.62 bits per heavy atom. The normalized spacial score (nSPS) is 15.0. The third-order valence-corrected chi connectivity index (χ3v) is 3.82. The summed E-state index contributed by atoms with van der Waals surface area (Å²) in [6.45, 7) is 7.90. The van der Waals surface area contributed by atoms with Crippen LogP contribution in [0.5, 0.6) is 5.75 Å². The second-order valence-corrected chi connectivity index (χ2v) is 5.79. The first-order chi connectivity index (χ1) is 11.8. The van der Waals surface area contributed by atoms with Gasteiger partial charge in [-0.05, 0) is 37.1 Å². The number of rotatable bonds is 9. The number of nitrogens with zero attached hydrogens (tertiary/aromatic N) is 1. The highest BCUT2D eigenvalue weighted by Crippen LogP contribution is 2.16. The van der Waals surface area contributed by atoms with Gasteiger partial charge in [-0.15, -0.1) is 0 Å². The van der Waals surface area contributed by atoms with Crippen molar-refractivity contribution in [1.29, 1.82) is 0 Å². The van der Waals surface area contributed by atoms with Gasteiger partial charge in [0.15, 0.2) is 0 Å². The van der Waals surface area contributed by atoms with Crippen molar-refractivity contribution in [1.82, 2.24) is 4.90 Å². The molecule has 1 aliphatic rings. The van der Waals surface area contributed by atoms with E-state index in [0.29, 0.717) is 18.9 Å². The molecule has 1 aliphatic heterocycles. The molecule has 134 valence electrons. The number of benzene rings is 1. The van der Waals surface area contributed by atoms with Crippen molar-refractivity contribution in [3.8, 4) is 5.75 Å². The first-order valence-electron chi connectivity index (χ1n) is 8.74. The Bertz CT molecular complexity index is 472. The van der Waals surface area contributed by atoms with Crippen LogP contribution < -0.4 is 10.1 Å². The molecule has 6 heteroatoms. The van der Waals surface area contributed by atoms with Gasteiger partial charge in [0.25, 0.3) is 0 Å². The zero-order valence-corrected chi connectivity index (χ0v) is 14.5. The second kappa shape index (κ2) is 10.9. The first-order valence-corrected chi connectivity index (χ1v) is 8.74. The number of amides is 1. The predicted molar refractivity (Wildman–Crippen MR) is 93.7 cm³/mol. The molecule has 1 saturated heterocycles. The summed E-state index contributed by atoms with van der Waals surface area (Å²) in [6, 6.07) is 7.35. The summed E-state index contributed by atoms with van der Waals surface area (Å²) in [5.74, 6) is 0.807. The number of carbonyl (C=O) groups is 1. The van der Waals surface area contributed by atoms with Gasteiger partial charge in [-0.1, -0.05) is 13.3 Å². The summed E-state index contributed by atoms with van der Waals surface area (Å²) in [5, 5.41) is 2.70. The molecule has 1 aromatic carbocycles. The minimum Gasteiger partial charge on any atom is -0.494 e. The number of hydrogen-bond acceptors (Lipinski definition) is 5. The summed E-state index contributed by atoms with van der Waals surface area (Å²) in [5.41, 5.74) is 0.706. The van der Waals surface area contributed by atoms with Crippen molar-refractivity contribution in [3.05, 3.63) is 24.3 Å². The van der Waals surface area contributed by atoms with Crippen LogP contribution in [0.3, 0.4) is 0 Å². The van der Waals surface area contributed by atoms with Crippen LogP contribution in [0.2, 0.25) is 0 Å². The largest absolute Gasteiger partial charge is 0.494 e. The first kappa shape index (κ1) is 18.5. The third-order valence-electron chi connectivity index (χ3n) is 3.82. The van der Waals surface area contributed by atoms with Gasteiger partial charge in [0, 0.05) is 25.3 Å². The van der Waals surface area contributed by atoms with Gasteiger partial charge in [-0.25, -0.2) is 4.79 Å². The van der Waals surface area contributed by atoms with Gasteiger partial charge in [0.05, 0.1) is 26.4 Å². The zero-order valence-electron chi connectivity index (χ0n) is 14.5. The molecule has 0 radical (unpaired) electrons. The smallest absolute Gasteiger partial charge is 0.411 e. The summed E-state index contributed by atoms with van der Waals surface area (Å²) in [6.07, 6.45) is 2.46. The monoisotopic (exact) mass is 336 g/mol. The standard InChI is InChI=1S/C18H28N2O4/c1-2-3-12-24-18(21)19-16-5-7-17(8-6-16)23-13-4-9-20-10-14-22-15-11-20/h5-8H,2-4,9-15H2,1H3,(H,19,21). The average molecular weight is 336 g/mol. The number of nitrogens with one attached hydrogen (secondary N) is 1. The van der Waals surface area contributed by atoms with Crippen molar-refractivity contribution >= 4 is 11.8 Å². The van der Waals surface area contributed by atoms with Crippen LogP contribution in [0, 0.1) is 0 Å². The highest BCUT2D eigenvalue weighted by molar-refractivity contribution is 5.84. The molecule has 0 saturated carbocycles. The van der Waals surface area contributed by atoms with Crippen LogP contribution in [0.4, 0.5) is 10.5 Å². The topological polar surface area (TPSA) is 60.0 Å². The molecule has 0 unspecified atom stereocenters. The van der Waals surface area contributed by atoms with E-state index in [2.05, 4.69) is 17.1 Å². The number of ether oxygens (including phenoxy) is 3. The van der Waals surface area contributed by atoms with Gasteiger partial charge < -0.3 is 14.2 Å². The molecule has 1 aromatic rings. The van der Waals surface area contributed by atoms with E-state index in [1.54, 1.807) is 0 Å². The van der Waals surface area contributed by atoms with Gasteiger partial charge in [-0.3, -0.25) is 10.2 Å². The van der Waals surface area contributed by atoms with Gasteiger partial charge >= 0.3 is 6.09 Å². The summed E-state index contributed by atoms with van der Waals surface area (Å²) >= 11 is 0. The lowest BCUT2D eigenvalue weighted by molar-refractivity contribution is 0.0358. The van der Waals surface area contributed by atoms with E-state index in [1.807, 2.05) is 24.3 Å². The maximum atomic E-state index is 11.6. The van der Waals surface area contributed by atoms with E-state index >= 15 is 0 Å². The van der Waals surface area contributed by atoms with Crippen molar-refractivity contribution in [3.63, 3.8) is 0 Å². The molecular weight excluding hydrogens is 308 g/mol. The molecule has 1 amide bonds. The lowest BCUT2D eigenvalue weighted by atomic mass is 10.3. The minimum absolute atomic E-state index is 0.414. The van der Waals surface area contributed by atoms with Crippen LogP contribution in [0.25, 0.3) is 0 Å². The highest BCUT2D eigenvalue weighted by atomic mass is 16.5. The maximum Gasteiger partial charge on any atom is 0.411 e. The summed E-state index contributed by atoms with van der Waals surface area (Å²) in [7, 11) is 0. The van der Waals surface area contributed by atoms with Crippen LogP contribution >= 0.6 is 0 Å². The lowest BCUT2D eigenvalue weighted by Crippen LogP contribution is -2.37. The molecule has 6 nitrogen and oxygen atoms in total. The molecule has 0 bridgehead atoms. The van der Waals surface area contributed by atoms with Crippen molar-refractivity contribution < 1.29 is 19.0 Å². The molecule has 1 heterocycles. The van der Waals surface area contributed by atoms with E-state index in [0.717, 1.165) is 57.9 Å². The Hall–Kier alpha value is -1.79. The van der Waals surface area contributed by atoms with E-state index in [4.69, 9.17) is 14.2 Å². The molecule has 0 aliphatic carbocycles. The zero-order chi connectivity index (χ0) is 17.0. The second-order valence-electron chi connectivity index (χ2n) is 5.79. The molecule has 0 aromatic heterocycles. The summed E-state index contributed by atoms with van der Waals surface area (Å²) in [4.78, 5) is 13.9. The fraction of sp³-hybridized carbons (Fsp3) is 0.611. The number of morpholine rings is 1. The third kappa shape index (κ3) is 7.19. The van der Waals surface area contributed by atoms with Gasteiger partial charge in [0.2, 0.25) is 0 Å². The Kier molecular flexibility index (Phi) is 8.41. The predicted octanol–water partition coefficient (Wildman–Crippen LogP) is 3.14. The average Bonchev–Trinajstić information content (AvgIpc) is 2.61. The van der Waals surface area contributed by atoms with Gasteiger partial charge in [-0.2, -0.15) is 0 Å². The van der Waals surface area contributed by atoms with Crippen molar-refractivity contribution in [2.24, 2.45) is 0 Å². The molecule has 2 rings (SSSR count). The number of carbonyl (C=O) groups excluding carboxylic acids is 1. The molecule has 24 heavy (non-hydrogen) atoms. The van der Waals surface area contributed by atoms with Crippen LogP contribution in [0.15, 0.2) is 24.3 Å². The fourth-order valence-corrected chi connectivity index (χ4v) is 2.40. The number of hydrogen-bond donors (Lipinski definition) is 1. The maximum absolute atomic E-state index is 11.6. The highest BCUT2D eigenvalue weighted by Gasteiger charge is 2.09. The fourth-order valence-electron chi connectivity index (χ4n) is 2.40. The Morgan fingerprint density at radius 1 is 1.17 bits per heavy atom. The lowest BCUT2D eigenvalue weighted by Gasteiger charge is -2.26. The molecule has 1 fully saturated rings. The Labute approximate surface area is 144 Å². The molecule has 0 atom stereocenters. The SMILES string of the molecule is CCCCOC(=O)Nc1ccc(OCCCN2CCOCC2)cc1. The Balaban J connectivity index is 1.61. The van der Waals surface area contributed by atoms with E-state index < -0.39 is 6.09 Å². The van der Waals surface area contributed by atoms with Crippen molar-refractivity contribution in [2.45, 2.75) is 26.2 Å². The quantitative estimate of drug-likeness (QED) is 0.702. The van der Waals surface area contributed by atoms with E-state index in [-0.39, 0.29) is 0 Å². The van der Waals surface area contributed by atoms with E-state index in [1.165, 1.54) is 0 Å². The van der Waals surface area contributed by atoms with Crippen LogP contribution in [0.1, 0.15) is 26.2 Å². The number of unbranched alkanes of at least 4 members (excludes halogenated alkanes) is 1. The molecular formula is C18H28N2O4. The minimum atomic E-state index is -0.414. The van der Waals surface area contributed by atoms with Gasteiger partial charge in [0.1, 0.15) is 5.75 Å². The molecule has 1 N–H and O–H groups in total. The van der Waals surface area contributed by atoms with Crippen LogP contribution in [-0.2, 0) is 9.47 Å². The Morgan fingerprint density at radius 2 is 1.92 bits per heavy atom. The van der Waals surface area contributed by atoms with E-state index in [9.17, 15) is 4.79 Å². The van der Waals surface area contributed by atoms with Crippen LogP contribution in [-0.4, -0.2) is 57.1 Å². The molecule has 0 spiro atoms. The summed E-state index contributed by atoms with van der Waals surface area (Å²) < 4.78 is 16.1.